The molecule has 1 N–H and O–H groups in total. The maximum Gasteiger partial charge on any atom is 0.339 e. The number of esters is 1. The van der Waals surface area contributed by atoms with E-state index in [1.807, 2.05) is 19.1 Å². The second-order valence-electron chi connectivity index (χ2n) is 5.64. The Labute approximate surface area is 153 Å². The molecule has 0 bridgehead atoms. The molecular weight excluding hydrogens is 354 g/mol. The zero-order valence-corrected chi connectivity index (χ0v) is 15.1. The Bertz CT molecular complexity index is 1020. The summed E-state index contributed by atoms with van der Waals surface area (Å²) in [6.07, 6.45) is 1.31. The van der Waals surface area contributed by atoms with E-state index in [1.54, 1.807) is 24.4 Å². The maximum absolute atomic E-state index is 12.7. The van der Waals surface area contributed by atoms with E-state index in [0.29, 0.717) is 10.5 Å². The average Bonchev–Trinajstić information content (AvgIpc) is 3.05. The summed E-state index contributed by atoms with van der Waals surface area (Å²) in [5, 5.41) is 4.46. The van der Waals surface area contributed by atoms with Gasteiger partial charge in [0.25, 0.3) is 5.56 Å². The molecule has 1 aromatic carbocycles. The Morgan fingerprint density at radius 3 is 2.69 bits per heavy atom. The molecule has 0 saturated heterocycles. The van der Waals surface area contributed by atoms with Crippen molar-refractivity contribution < 1.29 is 14.3 Å². The lowest BCUT2D eigenvalue weighted by Crippen LogP contribution is -2.28. The molecule has 2 heterocycles. The standard InChI is InChI=1S/C18H17N3O4S/c1-3-25-18(24)13-9-26-16-15(13)17(23)21(10-19-16)8-14(22)20-12-6-4-11(2)5-7-12/h4-7,9-10H,3,8H2,1-2H3,(H,20,22). The van der Waals surface area contributed by atoms with E-state index in [4.69, 9.17) is 4.74 Å². The molecule has 1 amide bonds. The van der Waals surface area contributed by atoms with Gasteiger partial charge in [0.05, 0.1) is 23.9 Å². The van der Waals surface area contributed by atoms with Crippen LogP contribution in [0.3, 0.4) is 0 Å². The van der Waals surface area contributed by atoms with Crippen molar-refractivity contribution in [1.82, 2.24) is 9.55 Å². The number of nitrogens with one attached hydrogen (secondary N) is 1. The molecule has 0 spiro atoms. The number of amides is 1. The maximum atomic E-state index is 12.7. The Kier molecular flexibility index (Phi) is 5.13. The van der Waals surface area contributed by atoms with E-state index in [0.717, 1.165) is 5.56 Å². The van der Waals surface area contributed by atoms with E-state index in [2.05, 4.69) is 10.3 Å². The van der Waals surface area contributed by atoms with Crippen LogP contribution in [0.25, 0.3) is 10.2 Å². The van der Waals surface area contributed by atoms with E-state index in [9.17, 15) is 14.4 Å². The SMILES string of the molecule is CCOC(=O)c1csc2ncn(CC(=O)Nc3ccc(C)cc3)c(=O)c12. The smallest absolute Gasteiger partial charge is 0.339 e. The van der Waals surface area contributed by atoms with Gasteiger partial charge < -0.3 is 10.1 Å². The van der Waals surface area contributed by atoms with Gasteiger partial charge in [-0.3, -0.25) is 14.2 Å². The second kappa shape index (κ2) is 7.49. The summed E-state index contributed by atoms with van der Waals surface area (Å²) in [4.78, 5) is 41.5. The number of benzene rings is 1. The Morgan fingerprint density at radius 2 is 2.00 bits per heavy atom. The lowest BCUT2D eigenvalue weighted by Gasteiger charge is -2.08. The van der Waals surface area contributed by atoms with Crippen molar-refractivity contribution in [3.63, 3.8) is 0 Å². The summed E-state index contributed by atoms with van der Waals surface area (Å²) >= 11 is 1.19. The number of thiophene rings is 1. The highest BCUT2D eigenvalue weighted by molar-refractivity contribution is 7.17. The summed E-state index contributed by atoms with van der Waals surface area (Å²) in [6.45, 7) is 3.66. The van der Waals surface area contributed by atoms with E-state index >= 15 is 0 Å². The van der Waals surface area contributed by atoms with Crippen molar-refractivity contribution in [3.05, 3.63) is 57.5 Å². The number of aromatic nitrogens is 2. The van der Waals surface area contributed by atoms with Gasteiger partial charge in [0, 0.05) is 11.1 Å². The molecule has 0 radical (unpaired) electrons. The highest BCUT2D eigenvalue weighted by Crippen LogP contribution is 2.21. The van der Waals surface area contributed by atoms with Crippen molar-refractivity contribution >= 4 is 39.1 Å². The number of rotatable bonds is 5. The number of hydrogen-bond acceptors (Lipinski definition) is 6. The molecule has 0 saturated carbocycles. The Hall–Kier alpha value is -3.00. The molecule has 0 atom stereocenters. The number of anilines is 1. The topological polar surface area (TPSA) is 90.3 Å². The quantitative estimate of drug-likeness (QED) is 0.696. The number of ether oxygens (including phenoxy) is 1. The van der Waals surface area contributed by atoms with Crippen LogP contribution in [0.15, 0.2) is 40.8 Å². The monoisotopic (exact) mass is 371 g/mol. The first-order valence-corrected chi connectivity index (χ1v) is 8.88. The molecule has 8 heteroatoms. The van der Waals surface area contributed by atoms with E-state index in [-0.39, 0.29) is 30.0 Å². The van der Waals surface area contributed by atoms with Gasteiger partial charge >= 0.3 is 5.97 Å². The largest absolute Gasteiger partial charge is 0.462 e. The van der Waals surface area contributed by atoms with Gasteiger partial charge in [0.15, 0.2) is 0 Å². The second-order valence-corrected chi connectivity index (χ2v) is 6.50. The fourth-order valence-corrected chi connectivity index (χ4v) is 3.30. The van der Waals surface area contributed by atoms with Crippen LogP contribution < -0.4 is 10.9 Å². The third-order valence-corrected chi connectivity index (χ3v) is 4.59. The van der Waals surface area contributed by atoms with Gasteiger partial charge in [0.1, 0.15) is 11.4 Å². The summed E-state index contributed by atoms with van der Waals surface area (Å²) in [5.74, 6) is -0.926. The summed E-state index contributed by atoms with van der Waals surface area (Å²) in [5.41, 5.74) is 1.46. The zero-order chi connectivity index (χ0) is 18.7. The van der Waals surface area contributed by atoms with Crippen LogP contribution in [-0.2, 0) is 16.1 Å². The third kappa shape index (κ3) is 3.65. The van der Waals surface area contributed by atoms with Gasteiger partial charge in [-0.15, -0.1) is 11.3 Å². The first-order chi connectivity index (χ1) is 12.5. The fraction of sp³-hybridized carbons (Fsp3) is 0.222. The lowest BCUT2D eigenvalue weighted by atomic mass is 10.2. The van der Waals surface area contributed by atoms with Crippen LogP contribution in [0.5, 0.6) is 0 Å². The summed E-state index contributed by atoms with van der Waals surface area (Å²) in [6, 6.07) is 7.34. The minimum absolute atomic E-state index is 0.178. The zero-order valence-electron chi connectivity index (χ0n) is 14.3. The molecule has 2 aromatic heterocycles. The molecule has 26 heavy (non-hydrogen) atoms. The van der Waals surface area contributed by atoms with Gasteiger partial charge in [-0.05, 0) is 26.0 Å². The van der Waals surface area contributed by atoms with Crippen molar-refractivity contribution in [3.8, 4) is 0 Å². The van der Waals surface area contributed by atoms with E-state index < -0.39 is 11.5 Å². The van der Waals surface area contributed by atoms with E-state index in [1.165, 1.54) is 22.2 Å². The number of carbonyl (C=O) groups excluding carboxylic acids is 2. The molecule has 0 aliphatic rings. The van der Waals surface area contributed by atoms with Gasteiger partial charge in [0.2, 0.25) is 5.91 Å². The summed E-state index contributed by atoms with van der Waals surface area (Å²) < 4.78 is 6.15. The predicted octanol–water partition coefficient (Wildman–Crippen LogP) is 2.58. The Balaban J connectivity index is 1.86. The van der Waals surface area contributed by atoms with Crippen LogP contribution >= 0.6 is 11.3 Å². The number of hydrogen-bond donors (Lipinski definition) is 1. The highest BCUT2D eigenvalue weighted by atomic mass is 32.1. The van der Waals surface area contributed by atoms with Crippen LogP contribution in [0.4, 0.5) is 5.69 Å². The lowest BCUT2D eigenvalue weighted by molar-refractivity contribution is -0.116. The minimum Gasteiger partial charge on any atom is -0.462 e. The molecule has 134 valence electrons. The van der Waals surface area contributed by atoms with Crippen molar-refractivity contribution in [2.75, 3.05) is 11.9 Å². The number of aryl methyl sites for hydroxylation is 1. The van der Waals surface area contributed by atoms with Crippen molar-refractivity contribution in [2.24, 2.45) is 0 Å². The molecule has 3 aromatic rings. The van der Waals surface area contributed by atoms with Crippen molar-refractivity contribution in [1.29, 1.82) is 0 Å². The molecule has 0 fully saturated rings. The fourth-order valence-electron chi connectivity index (χ4n) is 2.43. The van der Waals surface area contributed by atoms with Crippen LogP contribution in [0.2, 0.25) is 0 Å². The molecule has 0 unspecified atom stereocenters. The third-order valence-electron chi connectivity index (χ3n) is 3.71. The number of carbonyl (C=O) groups is 2. The van der Waals surface area contributed by atoms with Crippen LogP contribution in [0.1, 0.15) is 22.8 Å². The molecule has 0 aliphatic heterocycles. The predicted molar refractivity (Wildman–Crippen MR) is 99.6 cm³/mol. The number of nitrogens with zero attached hydrogens (tertiary/aromatic N) is 2. The van der Waals surface area contributed by atoms with Crippen molar-refractivity contribution in [2.45, 2.75) is 20.4 Å². The minimum atomic E-state index is -0.570. The van der Waals surface area contributed by atoms with Gasteiger partial charge in [-0.25, -0.2) is 9.78 Å². The van der Waals surface area contributed by atoms with Gasteiger partial charge in [-0.2, -0.15) is 0 Å². The number of fused-ring (bicyclic) bond motifs is 1. The van der Waals surface area contributed by atoms with Crippen LogP contribution in [-0.4, -0.2) is 28.0 Å². The van der Waals surface area contributed by atoms with Gasteiger partial charge in [-0.1, -0.05) is 17.7 Å². The highest BCUT2D eigenvalue weighted by Gasteiger charge is 2.19. The molecule has 3 rings (SSSR count). The molecule has 0 aliphatic carbocycles. The summed E-state index contributed by atoms with van der Waals surface area (Å²) in [7, 11) is 0. The average molecular weight is 371 g/mol. The first-order valence-electron chi connectivity index (χ1n) is 8.00. The first kappa shape index (κ1) is 17.8. The van der Waals surface area contributed by atoms with Crippen LogP contribution in [0, 0.1) is 6.92 Å². The normalized spacial score (nSPS) is 10.7. The molecular formula is C18H17N3O4S. The molecule has 7 nitrogen and oxygen atoms in total. The Morgan fingerprint density at radius 1 is 1.27 bits per heavy atom.